The molecule has 0 spiro atoms. The van der Waals surface area contributed by atoms with E-state index in [4.69, 9.17) is 0 Å². The van der Waals surface area contributed by atoms with Crippen LogP contribution in [0.3, 0.4) is 0 Å². The van der Waals surface area contributed by atoms with E-state index in [-0.39, 0.29) is 5.41 Å². The zero-order valence-corrected chi connectivity index (χ0v) is 14.7. The third kappa shape index (κ3) is 2.65. The van der Waals surface area contributed by atoms with Gasteiger partial charge in [-0.1, -0.05) is 0 Å². The molecule has 3 aromatic carbocycles. The molecule has 0 bridgehead atoms. The van der Waals surface area contributed by atoms with Gasteiger partial charge < -0.3 is 0 Å². The van der Waals surface area contributed by atoms with E-state index >= 15 is 0 Å². The van der Waals surface area contributed by atoms with Gasteiger partial charge in [0.15, 0.2) is 0 Å². The second kappa shape index (κ2) is 6.48. The first kappa shape index (κ1) is 14.4. The number of benzene rings is 3. The normalized spacial score (nSPS) is 11.3. The van der Waals surface area contributed by atoms with Gasteiger partial charge >= 0.3 is 140 Å². The summed E-state index contributed by atoms with van der Waals surface area (Å²) in [7, 11) is 0. The summed E-state index contributed by atoms with van der Waals surface area (Å²) < 4.78 is 1.12. The van der Waals surface area contributed by atoms with Gasteiger partial charge in [0.25, 0.3) is 0 Å². The molecule has 0 saturated heterocycles. The molecule has 0 aliphatic rings. The zero-order chi connectivity index (χ0) is 14.5. The molecule has 3 radical (unpaired) electrons. The summed E-state index contributed by atoms with van der Waals surface area (Å²) in [6.07, 6.45) is 0. The maximum absolute atomic E-state index is 2.25. The summed E-state index contributed by atoms with van der Waals surface area (Å²) in [6.45, 7) is 0. The monoisotopic (exact) mass is 377 g/mol. The van der Waals surface area contributed by atoms with Crippen molar-refractivity contribution in [3.8, 4) is 0 Å². The van der Waals surface area contributed by atoms with Crippen molar-refractivity contribution in [3.63, 3.8) is 0 Å². The van der Waals surface area contributed by atoms with Crippen molar-refractivity contribution in [2.24, 2.45) is 0 Å². The average molecular weight is 376 g/mol. The van der Waals surface area contributed by atoms with E-state index in [1.165, 1.54) is 16.7 Å². The van der Waals surface area contributed by atoms with Gasteiger partial charge in [-0.15, -0.1) is 0 Å². The Labute approximate surface area is 139 Å². The first-order valence-corrected chi connectivity index (χ1v) is 9.21. The Bertz CT molecular complexity index is 578. The van der Waals surface area contributed by atoms with Crippen molar-refractivity contribution in [3.05, 3.63) is 108 Å². The quantitative estimate of drug-likeness (QED) is 0.461. The Balaban J connectivity index is 2.29. The zero-order valence-electron chi connectivity index (χ0n) is 11.9. The van der Waals surface area contributed by atoms with E-state index in [0.29, 0.717) is 0 Å². The summed E-state index contributed by atoms with van der Waals surface area (Å²) in [5.74, 6) is 0. The Hall–Kier alpha value is -1.54. The summed E-state index contributed by atoms with van der Waals surface area (Å²) in [5.41, 5.74) is 4.08. The van der Waals surface area contributed by atoms with Crippen LogP contribution in [0.1, 0.15) is 16.7 Å². The van der Waals surface area contributed by atoms with Crippen LogP contribution in [-0.2, 0) is 5.41 Å². The van der Waals surface area contributed by atoms with Gasteiger partial charge in [-0.05, 0) is 0 Å². The van der Waals surface area contributed by atoms with Gasteiger partial charge in [0.1, 0.15) is 0 Å². The molecule has 3 aromatic rings. The first-order valence-electron chi connectivity index (χ1n) is 7.19. The molecule has 0 amide bonds. The molecule has 0 aliphatic carbocycles. The van der Waals surface area contributed by atoms with Gasteiger partial charge in [0, 0.05) is 0 Å². The molecule has 0 aliphatic heterocycles. The van der Waals surface area contributed by atoms with Gasteiger partial charge in [-0.25, -0.2) is 0 Å². The second-order valence-corrected chi connectivity index (χ2v) is 6.19. The van der Waals surface area contributed by atoms with Crippen LogP contribution in [-0.4, -0.2) is 22.5 Å². The summed E-state index contributed by atoms with van der Waals surface area (Å²) in [5, 5.41) is 0. The Morgan fingerprint density at radius 3 is 1.05 bits per heavy atom. The molecular formula is C20H17Sn. The van der Waals surface area contributed by atoms with Crippen molar-refractivity contribution in [1.82, 2.24) is 0 Å². The van der Waals surface area contributed by atoms with E-state index in [1.54, 1.807) is 22.5 Å². The summed E-state index contributed by atoms with van der Waals surface area (Å²) >= 11 is 1.54. The predicted molar refractivity (Wildman–Crippen MR) is 89.8 cm³/mol. The summed E-state index contributed by atoms with van der Waals surface area (Å²) in [6, 6.07) is 32.6. The van der Waals surface area contributed by atoms with Crippen molar-refractivity contribution in [2.45, 2.75) is 9.85 Å². The van der Waals surface area contributed by atoms with E-state index in [1.807, 2.05) is 0 Å². The summed E-state index contributed by atoms with van der Waals surface area (Å²) in [4.78, 5) is 0. The molecule has 0 nitrogen and oxygen atoms in total. The average Bonchev–Trinajstić information content (AvgIpc) is 2.59. The molecular weight excluding hydrogens is 359 g/mol. The third-order valence-corrected chi connectivity index (χ3v) is 5.58. The molecule has 0 fully saturated rings. The fourth-order valence-corrected chi connectivity index (χ4v) is 4.72. The van der Waals surface area contributed by atoms with Crippen LogP contribution >= 0.6 is 0 Å². The molecule has 1 heteroatoms. The topological polar surface area (TPSA) is 0 Å². The Kier molecular flexibility index (Phi) is 4.45. The number of hydrogen-bond acceptors (Lipinski definition) is 0. The molecule has 0 saturated carbocycles. The van der Waals surface area contributed by atoms with E-state index < -0.39 is 0 Å². The van der Waals surface area contributed by atoms with Crippen molar-refractivity contribution in [1.29, 1.82) is 0 Å². The third-order valence-electron chi connectivity index (χ3n) is 4.06. The maximum atomic E-state index is 2.25. The number of hydrogen-bond donors (Lipinski definition) is 0. The fourth-order valence-electron chi connectivity index (χ4n) is 2.97. The molecule has 0 N–H and O–H groups in total. The van der Waals surface area contributed by atoms with Crippen LogP contribution in [0.25, 0.3) is 0 Å². The van der Waals surface area contributed by atoms with Crippen molar-refractivity contribution < 1.29 is 0 Å². The van der Waals surface area contributed by atoms with Crippen LogP contribution in [0.5, 0.6) is 0 Å². The van der Waals surface area contributed by atoms with Crippen LogP contribution in [0.15, 0.2) is 91.0 Å². The first-order chi connectivity index (χ1) is 10.4. The molecule has 0 aromatic heterocycles. The molecule has 0 heterocycles. The SMILES string of the molecule is [Sn][CH2]C(c1ccccc1)(c1ccccc1)c1ccccc1. The van der Waals surface area contributed by atoms with E-state index in [9.17, 15) is 0 Å². The second-order valence-electron chi connectivity index (χ2n) is 5.18. The molecule has 101 valence electrons. The van der Waals surface area contributed by atoms with Crippen molar-refractivity contribution >= 4 is 22.5 Å². The van der Waals surface area contributed by atoms with Gasteiger partial charge in [0.2, 0.25) is 0 Å². The molecule has 0 unspecified atom stereocenters. The van der Waals surface area contributed by atoms with Gasteiger partial charge in [-0.3, -0.25) is 0 Å². The van der Waals surface area contributed by atoms with Crippen LogP contribution in [0.4, 0.5) is 0 Å². The minimum absolute atomic E-state index is 0.0396. The minimum atomic E-state index is -0.0396. The molecule has 3 rings (SSSR count). The molecule has 0 atom stereocenters. The number of rotatable bonds is 4. The van der Waals surface area contributed by atoms with Gasteiger partial charge in [0.05, 0.1) is 0 Å². The Morgan fingerprint density at radius 1 is 0.524 bits per heavy atom. The Morgan fingerprint density at radius 2 is 0.810 bits per heavy atom. The van der Waals surface area contributed by atoms with Crippen molar-refractivity contribution in [2.75, 3.05) is 0 Å². The van der Waals surface area contributed by atoms with E-state index in [2.05, 4.69) is 91.0 Å². The fraction of sp³-hybridized carbons (Fsp3) is 0.100. The van der Waals surface area contributed by atoms with Crippen LogP contribution in [0, 0.1) is 0 Å². The van der Waals surface area contributed by atoms with Gasteiger partial charge in [-0.2, -0.15) is 0 Å². The standard InChI is InChI=1S/C20H17.Sn/c1-20(17-11-5-2-6-12-17,18-13-7-3-8-14-18)19-15-9-4-10-16-19;/h2-16H,1H2;. The van der Waals surface area contributed by atoms with Crippen LogP contribution < -0.4 is 0 Å². The molecule has 21 heavy (non-hydrogen) atoms. The van der Waals surface area contributed by atoms with E-state index in [0.717, 1.165) is 4.44 Å². The van der Waals surface area contributed by atoms with Crippen LogP contribution in [0.2, 0.25) is 4.44 Å². The predicted octanol–water partition coefficient (Wildman–Crippen LogP) is 4.61.